The van der Waals surface area contributed by atoms with E-state index in [0.717, 1.165) is 15.9 Å². The van der Waals surface area contributed by atoms with Crippen LogP contribution in [0.25, 0.3) is 0 Å². The first kappa shape index (κ1) is 24.3. The minimum Gasteiger partial charge on any atom is -0.452 e. The number of halogens is 1. The summed E-state index contributed by atoms with van der Waals surface area (Å²) in [5.41, 5.74) is 1.25. The van der Waals surface area contributed by atoms with E-state index in [1.807, 2.05) is 30.3 Å². The lowest BCUT2D eigenvalue weighted by atomic mass is 10.2. The molecule has 3 aromatic carbocycles. The summed E-state index contributed by atoms with van der Waals surface area (Å²) in [6, 6.07) is 21.7. The number of para-hydroxylation sites is 1. The van der Waals surface area contributed by atoms with Crippen LogP contribution in [0.4, 0.5) is 5.69 Å². The molecule has 0 bridgehead atoms. The molecule has 33 heavy (non-hydrogen) atoms. The molecule has 1 amide bonds. The van der Waals surface area contributed by atoms with E-state index in [9.17, 15) is 18.0 Å². The van der Waals surface area contributed by atoms with Gasteiger partial charge < -0.3 is 9.64 Å². The Labute approximate surface area is 198 Å². The number of anilines is 1. The third kappa shape index (κ3) is 5.91. The highest BCUT2D eigenvalue weighted by atomic mass is 35.5. The molecule has 0 aliphatic heterocycles. The Morgan fingerprint density at radius 2 is 1.52 bits per heavy atom. The number of carbonyl (C=O) groups is 2. The van der Waals surface area contributed by atoms with Crippen molar-refractivity contribution in [2.24, 2.45) is 0 Å². The zero-order valence-electron chi connectivity index (χ0n) is 18.1. The molecule has 0 unspecified atom stereocenters. The van der Waals surface area contributed by atoms with Gasteiger partial charge in [0.25, 0.3) is 15.9 Å². The van der Waals surface area contributed by atoms with Crippen LogP contribution >= 0.6 is 11.6 Å². The van der Waals surface area contributed by atoms with Gasteiger partial charge in [0.05, 0.1) is 21.2 Å². The molecule has 172 valence electrons. The first-order valence-electron chi connectivity index (χ1n) is 9.98. The van der Waals surface area contributed by atoms with E-state index in [1.54, 1.807) is 37.4 Å². The molecule has 0 heterocycles. The molecule has 0 aromatic heterocycles. The van der Waals surface area contributed by atoms with Crippen molar-refractivity contribution in [3.63, 3.8) is 0 Å². The maximum absolute atomic E-state index is 13.0. The maximum Gasteiger partial charge on any atom is 0.340 e. The fourth-order valence-corrected chi connectivity index (χ4v) is 4.43. The third-order valence-electron chi connectivity index (χ3n) is 4.95. The Morgan fingerprint density at radius 3 is 2.15 bits per heavy atom. The Morgan fingerprint density at radius 1 is 0.909 bits per heavy atom. The number of ether oxygens (including phenoxy) is 1. The third-order valence-corrected chi connectivity index (χ3v) is 7.06. The lowest BCUT2D eigenvalue weighted by Gasteiger charge is -2.20. The number of amides is 1. The number of hydrogen-bond acceptors (Lipinski definition) is 5. The summed E-state index contributed by atoms with van der Waals surface area (Å²) in [4.78, 5) is 26.2. The Hall–Kier alpha value is -3.36. The summed E-state index contributed by atoms with van der Waals surface area (Å²) in [5, 5.41) is 0.0198. The predicted octanol–water partition coefficient (Wildman–Crippen LogP) is 3.98. The molecule has 0 spiro atoms. The van der Waals surface area contributed by atoms with Crippen molar-refractivity contribution < 1.29 is 22.7 Å². The van der Waals surface area contributed by atoms with Crippen LogP contribution in [0.3, 0.4) is 0 Å². The highest BCUT2D eigenvalue weighted by Crippen LogP contribution is 2.26. The van der Waals surface area contributed by atoms with Gasteiger partial charge in [0, 0.05) is 20.6 Å². The fourth-order valence-electron chi connectivity index (χ4n) is 3.02. The topological polar surface area (TPSA) is 84.0 Å². The Kier molecular flexibility index (Phi) is 7.73. The van der Waals surface area contributed by atoms with Gasteiger partial charge in [-0.15, -0.1) is 0 Å². The molecule has 0 fully saturated rings. The molecule has 0 radical (unpaired) electrons. The second-order valence-electron chi connectivity index (χ2n) is 7.26. The average molecular weight is 487 g/mol. The van der Waals surface area contributed by atoms with Crippen LogP contribution in [0.5, 0.6) is 0 Å². The number of benzene rings is 3. The predicted molar refractivity (Wildman–Crippen MR) is 127 cm³/mol. The van der Waals surface area contributed by atoms with Crippen molar-refractivity contribution in [1.29, 1.82) is 0 Å². The van der Waals surface area contributed by atoms with E-state index in [2.05, 4.69) is 0 Å². The standard InChI is InChI=1S/C24H23ClN2O5S/c1-26(16-18-9-5-3-6-10-18)23(28)17-32-24(29)21-15-20(13-14-22(21)25)33(30,31)27(2)19-11-7-4-8-12-19/h3-15H,16-17H2,1-2H3. The second kappa shape index (κ2) is 10.5. The van der Waals surface area contributed by atoms with Gasteiger partial charge in [-0.3, -0.25) is 9.10 Å². The lowest BCUT2D eigenvalue weighted by Crippen LogP contribution is -2.31. The average Bonchev–Trinajstić information content (AvgIpc) is 2.83. The van der Waals surface area contributed by atoms with Gasteiger partial charge in [-0.25, -0.2) is 13.2 Å². The van der Waals surface area contributed by atoms with E-state index < -0.39 is 28.5 Å². The summed E-state index contributed by atoms with van der Waals surface area (Å²) in [6.45, 7) is -0.142. The fraction of sp³-hybridized carbons (Fsp3) is 0.167. The van der Waals surface area contributed by atoms with Crippen LogP contribution in [-0.2, 0) is 26.1 Å². The highest BCUT2D eigenvalue weighted by molar-refractivity contribution is 7.92. The number of sulfonamides is 1. The molecule has 9 heteroatoms. The van der Waals surface area contributed by atoms with Crippen LogP contribution < -0.4 is 4.31 Å². The number of nitrogens with zero attached hydrogens (tertiary/aromatic N) is 2. The molecule has 0 N–H and O–H groups in total. The molecule has 0 saturated carbocycles. The van der Waals surface area contributed by atoms with Gasteiger partial charge >= 0.3 is 5.97 Å². The van der Waals surface area contributed by atoms with Crippen molar-refractivity contribution in [2.75, 3.05) is 25.0 Å². The summed E-state index contributed by atoms with van der Waals surface area (Å²) < 4.78 is 32.3. The van der Waals surface area contributed by atoms with Crippen LogP contribution in [0.1, 0.15) is 15.9 Å². The van der Waals surface area contributed by atoms with E-state index in [-0.39, 0.29) is 15.5 Å². The molecule has 3 aromatic rings. The number of carbonyl (C=O) groups excluding carboxylic acids is 2. The SMILES string of the molecule is CN(Cc1ccccc1)C(=O)COC(=O)c1cc(S(=O)(=O)N(C)c2ccccc2)ccc1Cl. The first-order valence-corrected chi connectivity index (χ1v) is 11.8. The van der Waals surface area contributed by atoms with E-state index >= 15 is 0 Å². The Balaban J connectivity index is 1.71. The number of hydrogen-bond donors (Lipinski definition) is 0. The van der Waals surface area contributed by atoms with Crippen LogP contribution in [0.2, 0.25) is 5.02 Å². The summed E-state index contributed by atoms with van der Waals surface area (Å²) >= 11 is 6.12. The van der Waals surface area contributed by atoms with Crippen molar-refractivity contribution in [1.82, 2.24) is 4.90 Å². The monoisotopic (exact) mass is 486 g/mol. The minimum atomic E-state index is -3.95. The summed E-state index contributed by atoms with van der Waals surface area (Å²) in [7, 11) is -0.937. The maximum atomic E-state index is 13.0. The van der Waals surface area contributed by atoms with Crippen LogP contribution in [0, 0.1) is 0 Å². The van der Waals surface area contributed by atoms with E-state index in [0.29, 0.717) is 12.2 Å². The van der Waals surface area contributed by atoms with Gasteiger partial charge in [-0.1, -0.05) is 60.1 Å². The van der Waals surface area contributed by atoms with Crippen molar-refractivity contribution in [2.45, 2.75) is 11.4 Å². The molecular formula is C24H23ClN2O5S. The summed E-state index contributed by atoms with van der Waals surface area (Å²) in [6.07, 6.45) is 0. The molecule has 0 atom stereocenters. The summed E-state index contributed by atoms with van der Waals surface area (Å²) in [5.74, 6) is -1.29. The molecular weight excluding hydrogens is 464 g/mol. The Bertz CT molecular complexity index is 1230. The van der Waals surface area contributed by atoms with Gasteiger partial charge in [-0.05, 0) is 35.9 Å². The first-order chi connectivity index (χ1) is 15.7. The van der Waals surface area contributed by atoms with E-state index in [4.69, 9.17) is 16.3 Å². The van der Waals surface area contributed by atoms with Crippen molar-refractivity contribution in [3.05, 3.63) is 95.0 Å². The number of likely N-dealkylation sites (N-methyl/N-ethyl adjacent to an activating group) is 1. The van der Waals surface area contributed by atoms with Crippen LogP contribution in [-0.4, -0.2) is 45.9 Å². The molecule has 7 nitrogen and oxygen atoms in total. The quantitative estimate of drug-likeness (QED) is 0.450. The smallest absolute Gasteiger partial charge is 0.340 e. The molecule has 0 aliphatic carbocycles. The molecule has 0 saturated heterocycles. The minimum absolute atomic E-state index is 0.0198. The van der Waals surface area contributed by atoms with Crippen LogP contribution in [0.15, 0.2) is 83.8 Å². The zero-order valence-corrected chi connectivity index (χ0v) is 19.7. The van der Waals surface area contributed by atoms with Gasteiger partial charge in [0.2, 0.25) is 0 Å². The largest absolute Gasteiger partial charge is 0.452 e. The van der Waals surface area contributed by atoms with Crippen molar-refractivity contribution in [3.8, 4) is 0 Å². The van der Waals surface area contributed by atoms with Gasteiger partial charge in [-0.2, -0.15) is 0 Å². The highest BCUT2D eigenvalue weighted by Gasteiger charge is 2.24. The number of esters is 1. The molecule has 3 rings (SSSR count). The van der Waals surface area contributed by atoms with E-state index in [1.165, 1.54) is 24.1 Å². The van der Waals surface area contributed by atoms with Gasteiger partial charge in [0.15, 0.2) is 6.61 Å². The zero-order chi connectivity index (χ0) is 24.0. The van der Waals surface area contributed by atoms with Crippen molar-refractivity contribution >= 4 is 39.2 Å². The normalized spacial score (nSPS) is 11.0. The second-order valence-corrected chi connectivity index (χ2v) is 9.64. The lowest BCUT2D eigenvalue weighted by molar-refractivity contribution is -0.133. The van der Waals surface area contributed by atoms with Gasteiger partial charge in [0.1, 0.15) is 0 Å². The molecule has 0 aliphatic rings. The number of rotatable bonds is 8.